The van der Waals surface area contributed by atoms with E-state index in [0.717, 1.165) is 17.5 Å². The molecular weight excluding hydrogens is 196 g/mol. The third-order valence-electron chi connectivity index (χ3n) is 2.76. The van der Waals surface area contributed by atoms with Crippen LogP contribution in [0.25, 0.3) is 0 Å². The molecule has 1 aliphatic rings. The summed E-state index contributed by atoms with van der Waals surface area (Å²) in [4.78, 5) is 21.2. The van der Waals surface area contributed by atoms with Crippen molar-refractivity contribution in [2.24, 2.45) is 5.73 Å². The lowest BCUT2D eigenvalue weighted by Crippen LogP contribution is -2.19. The van der Waals surface area contributed by atoms with Gasteiger partial charge in [-0.3, -0.25) is 14.9 Å². The SMILES string of the molecule is NC(=O)C1CCc2ccc([N+](=O)[O-])cc21. The number of carbonyl (C=O) groups excluding carboxylic acids is 1. The van der Waals surface area contributed by atoms with Gasteiger partial charge in [-0.2, -0.15) is 0 Å². The Morgan fingerprint density at radius 1 is 1.53 bits per heavy atom. The van der Waals surface area contributed by atoms with E-state index in [0.29, 0.717) is 6.42 Å². The van der Waals surface area contributed by atoms with E-state index in [2.05, 4.69) is 0 Å². The number of nitrogens with zero attached hydrogens (tertiary/aromatic N) is 1. The van der Waals surface area contributed by atoms with E-state index in [1.807, 2.05) is 0 Å². The summed E-state index contributed by atoms with van der Waals surface area (Å²) in [7, 11) is 0. The fraction of sp³-hybridized carbons (Fsp3) is 0.300. The Morgan fingerprint density at radius 3 is 2.87 bits per heavy atom. The largest absolute Gasteiger partial charge is 0.369 e. The summed E-state index contributed by atoms with van der Waals surface area (Å²) in [6.45, 7) is 0. The molecule has 0 saturated heterocycles. The van der Waals surface area contributed by atoms with Gasteiger partial charge in [-0.1, -0.05) is 6.07 Å². The van der Waals surface area contributed by atoms with E-state index in [4.69, 9.17) is 5.73 Å². The van der Waals surface area contributed by atoms with Crippen LogP contribution in [0.4, 0.5) is 5.69 Å². The van der Waals surface area contributed by atoms with E-state index in [1.165, 1.54) is 12.1 Å². The number of primary amides is 1. The van der Waals surface area contributed by atoms with Gasteiger partial charge in [0.25, 0.3) is 5.69 Å². The van der Waals surface area contributed by atoms with E-state index in [1.54, 1.807) is 6.07 Å². The summed E-state index contributed by atoms with van der Waals surface area (Å²) in [6, 6.07) is 4.62. The van der Waals surface area contributed by atoms with Crippen molar-refractivity contribution in [3.8, 4) is 0 Å². The summed E-state index contributed by atoms with van der Waals surface area (Å²) in [5.74, 6) is -0.769. The van der Waals surface area contributed by atoms with Crippen LogP contribution in [0.5, 0.6) is 0 Å². The molecule has 1 atom stereocenters. The highest BCUT2D eigenvalue weighted by atomic mass is 16.6. The predicted octanol–water partition coefficient (Wildman–Crippen LogP) is 1.11. The molecule has 0 fully saturated rings. The highest BCUT2D eigenvalue weighted by molar-refractivity contribution is 5.83. The van der Waals surface area contributed by atoms with Crippen LogP contribution in [0.15, 0.2) is 18.2 Å². The van der Waals surface area contributed by atoms with Gasteiger partial charge in [0.1, 0.15) is 0 Å². The van der Waals surface area contributed by atoms with E-state index in [-0.39, 0.29) is 11.6 Å². The molecule has 0 heterocycles. The first kappa shape index (κ1) is 9.64. The number of nitrogens with two attached hydrogens (primary N) is 1. The molecule has 78 valence electrons. The molecule has 5 nitrogen and oxygen atoms in total. The minimum Gasteiger partial charge on any atom is -0.369 e. The lowest BCUT2D eigenvalue weighted by Gasteiger charge is -2.05. The lowest BCUT2D eigenvalue weighted by atomic mass is 10.0. The Morgan fingerprint density at radius 2 is 2.27 bits per heavy atom. The van der Waals surface area contributed by atoms with Crippen molar-refractivity contribution < 1.29 is 9.72 Å². The van der Waals surface area contributed by atoms with Crippen LogP contribution in [0.3, 0.4) is 0 Å². The number of benzene rings is 1. The van der Waals surface area contributed by atoms with Crippen LogP contribution in [-0.2, 0) is 11.2 Å². The number of amides is 1. The Balaban J connectivity index is 2.46. The topological polar surface area (TPSA) is 86.2 Å². The van der Waals surface area contributed by atoms with Gasteiger partial charge in [0, 0.05) is 12.1 Å². The fourth-order valence-electron chi connectivity index (χ4n) is 2.00. The Kier molecular flexibility index (Phi) is 2.15. The third-order valence-corrected chi connectivity index (χ3v) is 2.76. The molecule has 1 amide bonds. The molecule has 1 unspecified atom stereocenters. The van der Waals surface area contributed by atoms with Gasteiger partial charge < -0.3 is 5.73 Å². The van der Waals surface area contributed by atoms with Crippen LogP contribution < -0.4 is 5.73 Å². The van der Waals surface area contributed by atoms with Gasteiger partial charge in [-0.05, 0) is 24.0 Å². The van der Waals surface area contributed by atoms with Gasteiger partial charge >= 0.3 is 0 Å². The number of hydrogen-bond acceptors (Lipinski definition) is 3. The number of rotatable bonds is 2. The van der Waals surface area contributed by atoms with Crippen LogP contribution in [-0.4, -0.2) is 10.8 Å². The second kappa shape index (κ2) is 3.34. The molecule has 5 heteroatoms. The van der Waals surface area contributed by atoms with Crippen molar-refractivity contribution >= 4 is 11.6 Å². The maximum absolute atomic E-state index is 11.1. The molecule has 2 rings (SSSR count). The maximum Gasteiger partial charge on any atom is 0.269 e. The first-order valence-electron chi connectivity index (χ1n) is 4.66. The van der Waals surface area contributed by atoms with Crippen molar-refractivity contribution in [3.63, 3.8) is 0 Å². The quantitative estimate of drug-likeness (QED) is 0.580. The number of carbonyl (C=O) groups is 1. The average molecular weight is 206 g/mol. The second-order valence-corrected chi connectivity index (χ2v) is 3.63. The second-order valence-electron chi connectivity index (χ2n) is 3.63. The summed E-state index contributed by atoms with van der Waals surface area (Å²) in [6.07, 6.45) is 1.42. The monoisotopic (exact) mass is 206 g/mol. The highest BCUT2D eigenvalue weighted by Crippen LogP contribution is 2.34. The molecule has 0 spiro atoms. The van der Waals surface area contributed by atoms with Crippen molar-refractivity contribution in [2.75, 3.05) is 0 Å². The minimum atomic E-state index is -0.462. The molecule has 0 radical (unpaired) electrons. The number of fused-ring (bicyclic) bond motifs is 1. The van der Waals surface area contributed by atoms with Gasteiger partial charge in [0.05, 0.1) is 10.8 Å². The van der Waals surface area contributed by atoms with E-state index < -0.39 is 10.8 Å². The number of hydrogen-bond donors (Lipinski definition) is 1. The van der Waals surface area contributed by atoms with Crippen LogP contribution in [0.1, 0.15) is 23.5 Å². The molecular formula is C10H10N2O3. The number of nitro groups is 1. The first-order valence-corrected chi connectivity index (χ1v) is 4.66. The van der Waals surface area contributed by atoms with Crippen molar-refractivity contribution in [1.29, 1.82) is 0 Å². The Bertz CT molecular complexity index is 442. The highest BCUT2D eigenvalue weighted by Gasteiger charge is 2.28. The normalized spacial score (nSPS) is 18.5. The van der Waals surface area contributed by atoms with Crippen LogP contribution >= 0.6 is 0 Å². The van der Waals surface area contributed by atoms with E-state index >= 15 is 0 Å². The molecule has 2 N–H and O–H groups in total. The van der Waals surface area contributed by atoms with E-state index in [9.17, 15) is 14.9 Å². The third kappa shape index (κ3) is 1.56. The lowest BCUT2D eigenvalue weighted by molar-refractivity contribution is -0.384. The molecule has 1 aromatic carbocycles. The zero-order valence-electron chi connectivity index (χ0n) is 7.97. The fourth-order valence-corrected chi connectivity index (χ4v) is 2.00. The van der Waals surface area contributed by atoms with Gasteiger partial charge in [0.15, 0.2) is 0 Å². The minimum absolute atomic E-state index is 0.0156. The zero-order chi connectivity index (χ0) is 11.0. The molecule has 15 heavy (non-hydrogen) atoms. The summed E-state index contributed by atoms with van der Waals surface area (Å²) < 4.78 is 0. The summed E-state index contributed by atoms with van der Waals surface area (Å²) >= 11 is 0. The summed E-state index contributed by atoms with van der Waals surface area (Å²) in [5.41, 5.74) is 6.95. The average Bonchev–Trinajstić information content (AvgIpc) is 2.59. The maximum atomic E-state index is 11.1. The summed E-state index contributed by atoms with van der Waals surface area (Å²) in [5, 5.41) is 10.6. The van der Waals surface area contributed by atoms with Gasteiger partial charge in [-0.25, -0.2) is 0 Å². The van der Waals surface area contributed by atoms with Crippen LogP contribution in [0, 0.1) is 10.1 Å². The number of aryl methyl sites for hydroxylation is 1. The number of nitro benzene ring substituents is 1. The van der Waals surface area contributed by atoms with Crippen molar-refractivity contribution in [1.82, 2.24) is 0 Å². The standard InChI is InChI=1S/C10H10N2O3/c11-10(13)8-4-2-6-1-3-7(12(14)15)5-9(6)8/h1,3,5,8H,2,4H2,(H2,11,13). The Hall–Kier alpha value is -1.91. The van der Waals surface area contributed by atoms with Crippen molar-refractivity contribution in [3.05, 3.63) is 39.4 Å². The van der Waals surface area contributed by atoms with Crippen molar-refractivity contribution in [2.45, 2.75) is 18.8 Å². The molecule has 0 saturated carbocycles. The molecule has 0 bridgehead atoms. The van der Waals surface area contributed by atoms with Gasteiger partial charge in [0.2, 0.25) is 5.91 Å². The van der Waals surface area contributed by atoms with Crippen LogP contribution in [0.2, 0.25) is 0 Å². The molecule has 0 aromatic heterocycles. The molecule has 0 aliphatic heterocycles. The van der Waals surface area contributed by atoms with Gasteiger partial charge in [-0.15, -0.1) is 0 Å². The predicted molar refractivity (Wildman–Crippen MR) is 53.4 cm³/mol. The molecule has 1 aromatic rings. The smallest absolute Gasteiger partial charge is 0.269 e. The molecule has 1 aliphatic carbocycles. The Labute approximate surface area is 86.0 Å². The number of non-ortho nitro benzene ring substituents is 1. The first-order chi connectivity index (χ1) is 7.09. The zero-order valence-corrected chi connectivity index (χ0v) is 7.97.